The van der Waals surface area contributed by atoms with Gasteiger partial charge < -0.3 is 19.1 Å². The standard InChI is InChI=1S/C25H28N2O5S/c1-6-31-24(29)20-16(2)26(3)25(33-5)22(32-19-10-8-7-9-11-19)23(28)27(25)21(20)17-12-14-18(30-4)15-13-17/h7-15,21-22H,6H2,1-5H3/t21?,22-,25-/m1/s1. The fraction of sp³-hybridized carbons (Fsp3) is 0.360. The molecule has 0 aromatic heterocycles. The Morgan fingerprint density at radius 1 is 1.09 bits per heavy atom. The number of nitrogens with zero attached hydrogens (tertiary/aromatic N) is 2. The van der Waals surface area contributed by atoms with Crippen LogP contribution >= 0.6 is 11.8 Å². The second-order valence-corrected chi connectivity index (χ2v) is 8.85. The number of thioether (sulfide) groups is 1. The number of benzene rings is 2. The number of β-lactam (4-membered cyclic amide) rings is 1. The van der Waals surface area contributed by atoms with Gasteiger partial charge in [-0.2, -0.15) is 0 Å². The summed E-state index contributed by atoms with van der Waals surface area (Å²) in [4.78, 5) is 29.6. The Labute approximate surface area is 198 Å². The first-order valence-electron chi connectivity index (χ1n) is 10.8. The topological polar surface area (TPSA) is 68.3 Å². The second kappa shape index (κ2) is 9.02. The van der Waals surface area contributed by atoms with E-state index in [9.17, 15) is 9.59 Å². The highest BCUT2D eigenvalue weighted by Crippen LogP contribution is 2.56. The second-order valence-electron chi connectivity index (χ2n) is 7.84. The van der Waals surface area contributed by atoms with Crippen molar-refractivity contribution in [1.82, 2.24) is 9.80 Å². The third-order valence-corrected chi connectivity index (χ3v) is 7.56. The third kappa shape index (κ3) is 3.53. The van der Waals surface area contributed by atoms with Gasteiger partial charge in [0.15, 0.2) is 0 Å². The molecule has 0 radical (unpaired) electrons. The first-order chi connectivity index (χ1) is 15.9. The van der Waals surface area contributed by atoms with Crippen LogP contribution in [0.15, 0.2) is 65.9 Å². The number of carbonyl (C=O) groups excluding carboxylic acids is 2. The van der Waals surface area contributed by atoms with Crippen LogP contribution in [0.2, 0.25) is 0 Å². The summed E-state index contributed by atoms with van der Waals surface area (Å²) in [6.07, 6.45) is 1.21. The number of amides is 1. The molecule has 0 aliphatic carbocycles. The first kappa shape index (κ1) is 23.0. The molecule has 1 amide bonds. The van der Waals surface area contributed by atoms with Gasteiger partial charge in [-0.1, -0.05) is 30.3 Å². The molecule has 1 fully saturated rings. The van der Waals surface area contributed by atoms with Gasteiger partial charge >= 0.3 is 5.97 Å². The maximum absolute atomic E-state index is 13.6. The minimum absolute atomic E-state index is 0.185. The molecule has 33 heavy (non-hydrogen) atoms. The summed E-state index contributed by atoms with van der Waals surface area (Å²) in [6, 6.07) is 16.1. The molecule has 1 saturated heterocycles. The summed E-state index contributed by atoms with van der Waals surface area (Å²) >= 11 is 1.51. The molecule has 0 N–H and O–H groups in total. The van der Waals surface area contributed by atoms with Gasteiger partial charge in [0.1, 0.15) is 11.5 Å². The molecule has 4 rings (SSSR count). The molecular weight excluding hydrogens is 440 g/mol. The molecule has 8 heteroatoms. The largest absolute Gasteiger partial charge is 0.497 e. The third-order valence-electron chi connectivity index (χ3n) is 6.28. The van der Waals surface area contributed by atoms with E-state index in [0.717, 1.165) is 11.3 Å². The summed E-state index contributed by atoms with van der Waals surface area (Å²) in [5, 5.41) is 0. The van der Waals surface area contributed by atoms with Gasteiger partial charge in [0.05, 0.1) is 25.3 Å². The van der Waals surface area contributed by atoms with E-state index < -0.39 is 23.1 Å². The number of methoxy groups -OCH3 is 1. The molecule has 174 valence electrons. The Kier molecular flexibility index (Phi) is 6.30. The lowest BCUT2D eigenvalue weighted by atomic mass is 9.85. The average molecular weight is 469 g/mol. The van der Waals surface area contributed by atoms with Gasteiger partial charge in [0.2, 0.25) is 11.1 Å². The number of carbonyl (C=O) groups is 2. The summed E-state index contributed by atoms with van der Waals surface area (Å²) in [5.41, 5.74) is 1.99. The predicted molar refractivity (Wildman–Crippen MR) is 127 cm³/mol. The normalized spacial score (nSPS) is 24.2. The molecule has 0 bridgehead atoms. The van der Waals surface area contributed by atoms with Gasteiger partial charge in [-0.05, 0) is 49.9 Å². The Morgan fingerprint density at radius 2 is 1.76 bits per heavy atom. The quantitative estimate of drug-likeness (QED) is 0.452. The van der Waals surface area contributed by atoms with Crippen LogP contribution in [0.3, 0.4) is 0 Å². The Bertz CT molecular complexity index is 1070. The zero-order valence-electron chi connectivity index (χ0n) is 19.4. The van der Waals surface area contributed by atoms with Gasteiger partial charge in [0, 0.05) is 12.7 Å². The summed E-state index contributed by atoms with van der Waals surface area (Å²) in [7, 11) is 3.48. The van der Waals surface area contributed by atoms with Crippen molar-refractivity contribution in [3.8, 4) is 11.5 Å². The molecular formula is C25H28N2O5S. The van der Waals surface area contributed by atoms with Crippen LogP contribution in [-0.4, -0.2) is 59.8 Å². The van der Waals surface area contributed by atoms with Gasteiger partial charge in [-0.3, -0.25) is 9.69 Å². The van der Waals surface area contributed by atoms with Crippen LogP contribution in [-0.2, 0) is 14.3 Å². The lowest BCUT2D eigenvalue weighted by Gasteiger charge is -2.64. The summed E-state index contributed by atoms with van der Waals surface area (Å²) < 4.78 is 16.9. The molecule has 0 saturated carbocycles. The highest BCUT2D eigenvalue weighted by molar-refractivity contribution is 8.00. The van der Waals surface area contributed by atoms with Crippen molar-refractivity contribution in [2.75, 3.05) is 27.0 Å². The molecule has 3 atom stereocenters. The molecule has 2 aromatic rings. The number of hydrogen-bond donors (Lipinski definition) is 0. The Hall–Kier alpha value is -3.13. The number of hydrogen-bond acceptors (Lipinski definition) is 7. The summed E-state index contributed by atoms with van der Waals surface area (Å²) in [5.74, 6) is 0.699. The number of fused-ring (bicyclic) bond motifs is 1. The molecule has 2 aliphatic heterocycles. The van der Waals surface area contributed by atoms with Crippen molar-refractivity contribution in [3.63, 3.8) is 0 Å². The zero-order valence-corrected chi connectivity index (χ0v) is 20.2. The van der Waals surface area contributed by atoms with E-state index in [0.29, 0.717) is 17.1 Å². The van der Waals surface area contributed by atoms with Gasteiger partial charge in [-0.25, -0.2) is 4.79 Å². The molecule has 0 spiro atoms. The van der Waals surface area contributed by atoms with Crippen LogP contribution in [0.5, 0.6) is 11.5 Å². The van der Waals surface area contributed by atoms with Crippen LogP contribution in [0, 0.1) is 0 Å². The van der Waals surface area contributed by atoms with Crippen molar-refractivity contribution < 1.29 is 23.8 Å². The van der Waals surface area contributed by atoms with Crippen molar-refractivity contribution in [1.29, 1.82) is 0 Å². The van der Waals surface area contributed by atoms with Crippen molar-refractivity contribution >= 4 is 23.6 Å². The van der Waals surface area contributed by atoms with E-state index in [4.69, 9.17) is 14.2 Å². The maximum atomic E-state index is 13.6. The van der Waals surface area contributed by atoms with E-state index in [1.165, 1.54) is 11.8 Å². The monoisotopic (exact) mass is 468 g/mol. The fourth-order valence-corrected chi connectivity index (χ4v) is 5.74. The van der Waals surface area contributed by atoms with Gasteiger partial charge in [-0.15, -0.1) is 11.8 Å². The number of ether oxygens (including phenoxy) is 3. The highest BCUT2D eigenvalue weighted by atomic mass is 32.2. The van der Waals surface area contributed by atoms with E-state index in [2.05, 4.69) is 0 Å². The van der Waals surface area contributed by atoms with E-state index in [-0.39, 0.29) is 12.5 Å². The zero-order chi connectivity index (χ0) is 23.8. The van der Waals surface area contributed by atoms with E-state index in [1.54, 1.807) is 18.9 Å². The SMILES string of the molecule is CCOC(=O)C1=C(C)N(C)[C@]2(SC)[C@H](Oc3ccccc3)C(=O)N2C1c1ccc(OC)cc1. The lowest BCUT2D eigenvalue weighted by Crippen LogP contribution is -2.82. The smallest absolute Gasteiger partial charge is 0.338 e. The minimum Gasteiger partial charge on any atom is -0.497 e. The number of allylic oxidation sites excluding steroid dienone is 1. The van der Waals surface area contributed by atoms with E-state index in [1.807, 2.05) is 79.7 Å². The molecule has 1 unspecified atom stereocenters. The molecule has 2 heterocycles. The number of rotatable bonds is 7. The fourth-order valence-electron chi connectivity index (χ4n) is 4.58. The predicted octanol–water partition coefficient (Wildman–Crippen LogP) is 3.83. The van der Waals surface area contributed by atoms with Crippen molar-refractivity contribution in [2.45, 2.75) is 31.0 Å². The number of likely N-dealkylation sites (N-methyl/N-ethyl adjacent to an activating group) is 1. The maximum Gasteiger partial charge on any atom is 0.338 e. The average Bonchev–Trinajstić information content (AvgIpc) is 2.84. The number of para-hydroxylation sites is 1. The molecule has 2 aliphatic rings. The highest BCUT2D eigenvalue weighted by Gasteiger charge is 2.70. The Morgan fingerprint density at radius 3 is 2.33 bits per heavy atom. The van der Waals surface area contributed by atoms with Crippen LogP contribution in [0.1, 0.15) is 25.5 Å². The van der Waals surface area contributed by atoms with Crippen LogP contribution < -0.4 is 9.47 Å². The minimum atomic E-state index is -0.822. The lowest BCUT2D eigenvalue weighted by molar-refractivity contribution is -0.193. The number of esters is 1. The first-order valence-corrected chi connectivity index (χ1v) is 12.0. The Balaban J connectivity index is 1.84. The summed E-state index contributed by atoms with van der Waals surface area (Å²) in [6.45, 7) is 3.91. The van der Waals surface area contributed by atoms with Gasteiger partial charge in [0.25, 0.3) is 5.91 Å². The van der Waals surface area contributed by atoms with Crippen LogP contribution in [0.25, 0.3) is 0 Å². The van der Waals surface area contributed by atoms with Crippen molar-refractivity contribution in [2.24, 2.45) is 0 Å². The molecule has 2 aromatic carbocycles. The van der Waals surface area contributed by atoms with Crippen LogP contribution in [0.4, 0.5) is 0 Å². The van der Waals surface area contributed by atoms with Crippen molar-refractivity contribution in [3.05, 3.63) is 71.4 Å². The molecule has 7 nitrogen and oxygen atoms in total. The van der Waals surface area contributed by atoms with E-state index >= 15 is 0 Å².